The lowest BCUT2D eigenvalue weighted by Gasteiger charge is -1.87. The van der Waals surface area contributed by atoms with Crippen molar-refractivity contribution < 1.29 is 14.5 Å². The van der Waals surface area contributed by atoms with Gasteiger partial charge in [0.25, 0.3) is 0 Å². The highest BCUT2D eigenvalue weighted by atomic mass is 19.3. The predicted octanol–water partition coefficient (Wildman–Crippen LogP) is 0.807. The maximum atomic E-state index is 9.79. The summed E-state index contributed by atoms with van der Waals surface area (Å²) in [6.07, 6.45) is 6.84. The Morgan fingerprint density at radius 1 is 1.67 bits per heavy atom. The zero-order chi connectivity index (χ0) is 9.82. The van der Waals surface area contributed by atoms with E-state index in [4.69, 9.17) is 0 Å². The average molecular weight is 174 g/mol. The minimum Gasteiger partial charge on any atom is -0.251 e. The Morgan fingerprint density at radius 2 is 2.17 bits per heavy atom. The van der Waals surface area contributed by atoms with Gasteiger partial charge in [-0.15, -0.1) is 0 Å². The lowest BCUT2D eigenvalue weighted by atomic mass is 10.2. The first kappa shape index (κ1) is 13.6. The molecule has 0 fully saturated rings. The van der Waals surface area contributed by atoms with Gasteiger partial charge in [0, 0.05) is 6.08 Å². The fraction of sp³-hybridized carbons (Fsp3) is 0.444. The lowest BCUT2D eigenvalue weighted by Crippen LogP contribution is -2.62. The minimum absolute atomic E-state index is 0.958. The largest absolute Gasteiger partial charge is 0.251 e. The van der Waals surface area contributed by atoms with Crippen LogP contribution in [0, 0.1) is 0 Å². The van der Waals surface area contributed by atoms with Gasteiger partial charge in [-0.2, -0.15) is 4.94 Å². The molecule has 0 radical (unpaired) electrons. The van der Waals surface area contributed by atoms with E-state index < -0.39 is 0 Å². The molecular formula is C9H17FNO+. The zero-order valence-corrected chi connectivity index (χ0v) is 7.93. The molecule has 12 heavy (non-hydrogen) atoms. The SMILES string of the molecule is C=C/C(=C\C=[NH+]C)CC.COF. The highest BCUT2D eigenvalue weighted by Crippen LogP contribution is 1.97. The highest BCUT2D eigenvalue weighted by Gasteiger charge is 1.82. The van der Waals surface area contributed by atoms with E-state index in [0.717, 1.165) is 13.5 Å². The molecule has 3 heteroatoms. The highest BCUT2D eigenvalue weighted by molar-refractivity contribution is 5.67. The Morgan fingerprint density at radius 3 is 2.42 bits per heavy atom. The number of rotatable bonds is 3. The summed E-state index contributed by atoms with van der Waals surface area (Å²) in [4.78, 5) is 5.67. The summed E-state index contributed by atoms with van der Waals surface area (Å²) in [6.45, 7) is 5.78. The second-order valence-corrected chi connectivity index (χ2v) is 1.91. The Balaban J connectivity index is 0. The summed E-state index contributed by atoms with van der Waals surface area (Å²) in [5, 5.41) is 0. The van der Waals surface area contributed by atoms with Crippen LogP contribution in [0.1, 0.15) is 13.3 Å². The molecule has 0 rings (SSSR count). The van der Waals surface area contributed by atoms with E-state index in [-0.39, 0.29) is 0 Å². The zero-order valence-electron chi connectivity index (χ0n) is 7.93. The summed E-state index contributed by atoms with van der Waals surface area (Å²) in [7, 11) is 2.84. The molecule has 0 atom stereocenters. The molecule has 0 aliphatic rings. The van der Waals surface area contributed by atoms with Crippen LogP contribution in [0.3, 0.4) is 0 Å². The molecule has 70 valence electrons. The van der Waals surface area contributed by atoms with Crippen LogP contribution in [0.2, 0.25) is 0 Å². The quantitative estimate of drug-likeness (QED) is 0.496. The van der Waals surface area contributed by atoms with Crippen LogP contribution in [-0.2, 0) is 4.94 Å². The summed E-state index contributed by atoms with van der Waals surface area (Å²) in [5.74, 6) is 0. The van der Waals surface area contributed by atoms with Crippen LogP contribution >= 0.6 is 0 Å². The van der Waals surface area contributed by atoms with Crippen molar-refractivity contribution in [2.24, 2.45) is 0 Å². The lowest BCUT2D eigenvalue weighted by molar-refractivity contribution is -0.413. The molecule has 0 amide bonds. The number of hydrogen-bond donors (Lipinski definition) is 1. The van der Waals surface area contributed by atoms with Crippen molar-refractivity contribution in [3.05, 3.63) is 24.3 Å². The van der Waals surface area contributed by atoms with E-state index in [1.54, 1.807) is 0 Å². The van der Waals surface area contributed by atoms with Gasteiger partial charge in [0.2, 0.25) is 0 Å². The fourth-order valence-electron chi connectivity index (χ4n) is 0.521. The van der Waals surface area contributed by atoms with Gasteiger partial charge in [0.1, 0.15) is 7.05 Å². The van der Waals surface area contributed by atoms with E-state index >= 15 is 0 Å². The third-order valence-electron chi connectivity index (χ3n) is 1.13. The van der Waals surface area contributed by atoms with Crippen LogP contribution in [0.25, 0.3) is 0 Å². The average Bonchev–Trinajstić information content (AvgIpc) is 2.08. The molecule has 0 spiro atoms. The Labute approximate surface area is 73.4 Å². The monoisotopic (exact) mass is 174 g/mol. The van der Waals surface area contributed by atoms with Crippen molar-refractivity contribution in [1.29, 1.82) is 0 Å². The van der Waals surface area contributed by atoms with Crippen molar-refractivity contribution in [3.8, 4) is 0 Å². The molecule has 0 unspecified atom stereocenters. The molecular weight excluding hydrogens is 157 g/mol. The van der Waals surface area contributed by atoms with Gasteiger partial charge in [0.05, 0.1) is 7.11 Å². The normalized spacial score (nSPS) is 10.8. The summed E-state index contributed by atoms with van der Waals surface area (Å²) >= 11 is 0. The Kier molecular flexibility index (Phi) is 14.4. The second-order valence-electron chi connectivity index (χ2n) is 1.91. The van der Waals surface area contributed by atoms with Crippen molar-refractivity contribution in [2.75, 3.05) is 14.2 Å². The third-order valence-corrected chi connectivity index (χ3v) is 1.13. The molecule has 0 aromatic carbocycles. The number of halogens is 1. The third kappa shape index (κ3) is 11.8. The minimum atomic E-state index is 0.958. The smallest absolute Gasteiger partial charge is 0.161 e. The second kappa shape index (κ2) is 12.7. The standard InChI is InChI=1S/C8H13N.CH3FO/c1-4-8(5-2)6-7-9-3;1-3-2/h4,6-7H,1,5H2,2-3H3;1H3/p+1/b8-6+,9-7?;. The van der Waals surface area contributed by atoms with E-state index in [9.17, 15) is 4.53 Å². The number of nitrogens with one attached hydrogen (secondary N) is 1. The fourth-order valence-corrected chi connectivity index (χ4v) is 0.521. The molecule has 0 aromatic heterocycles. The Bertz CT molecular complexity index is 153. The van der Waals surface area contributed by atoms with E-state index in [0.29, 0.717) is 0 Å². The molecule has 1 N–H and O–H groups in total. The van der Waals surface area contributed by atoms with E-state index in [1.807, 2.05) is 25.4 Å². The first-order chi connectivity index (χ1) is 5.76. The number of allylic oxidation sites excluding steroid dienone is 3. The van der Waals surface area contributed by atoms with Gasteiger partial charge in [-0.1, -0.05) is 19.6 Å². The molecule has 0 aromatic rings. The Hall–Kier alpha value is -0.960. The summed E-state index contributed by atoms with van der Waals surface area (Å²) in [5.41, 5.74) is 1.25. The molecule has 0 bridgehead atoms. The summed E-state index contributed by atoms with van der Waals surface area (Å²) < 4.78 is 9.79. The molecule has 0 heterocycles. The van der Waals surface area contributed by atoms with Gasteiger partial charge in [-0.25, -0.2) is 0 Å². The van der Waals surface area contributed by atoms with Crippen molar-refractivity contribution >= 4 is 6.21 Å². The van der Waals surface area contributed by atoms with Gasteiger partial charge in [0.15, 0.2) is 6.21 Å². The van der Waals surface area contributed by atoms with E-state index in [1.165, 1.54) is 5.57 Å². The molecule has 0 aliphatic heterocycles. The van der Waals surface area contributed by atoms with Crippen LogP contribution in [-0.4, -0.2) is 20.4 Å². The summed E-state index contributed by atoms with van der Waals surface area (Å²) in [6, 6.07) is 0. The maximum Gasteiger partial charge on any atom is 0.161 e. The van der Waals surface area contributed by atoms with Crippen LogP contribution in [0.5, 0.6) is 0 Å². The van der Waals surface area contributed by atoms with Gasteiger partial charge < -0.3 is 0 Å². The van der Waals surface area contributed by atoms with Crippen LogP contribution in [0.15, 0.2) is 24.3 Å². The topological polar surface area (TPSA) is 23.2 Å². The van der Waals surface area contributed by atoms with Gasteiger partial charge in [-0.3, -0.25) is 4.99 Å². The van der Waals surface area contributed by atoms with Crippen LogP contribution in [0.4, 0.5) is 4.53 Å². The van der Waals surface area contributed by atoms with Gasteiger partial charge >= 0.3 is 0 Å². The molecule has 0 aliphatic carbocycles. The van der Waals surface area contributed by atoms with Crippen molar-refractivity contribution in [3.63, 3.8) is 0 Å². The number of hydrogen-bond acceptors (Lipinski definition) is 1. The predicted molar refractivity (Wildman–Crippen MR) is 49.6 cm³/mol. The van der Waals surface area contributed by atoms with Crippen LogP contribution < -0.4 is 4.99 Å². The molecule has 2 nitrogen and oxygen atoms in total. The first-order valence-corrected chi connectivity index (χ1v) is 3.73. The maximum absolute atomic E-state index is 9.79. The molecule has 0 saturated carbocycles. The first-order valence-electron chi connectivity index (χ1n) is 3.73. The van der Waals surface area contributed by atoms with Crippen molar-refractivity contribution in [1.82, 2.24) is 0 Å². The van der Waals surface area contributed by atoms with Gasteiger partial charge in [-0.05, 0) is 16.5 Å². The molecule has 0 saturated heterocycles. The van der Waals surface area contributed by atoms with Crippen molar-refractivity contribution in [2.45, 2.75) is 13.3 Å². The van der Waals surface area contributed by atoms with E-state index in [2.05, 4.69) is 23.4 Å².